The van der Waals surface area contributed by atoms with Gasteiger partial charge in [-0.3, -0.25) is 9.59 Å². The highest BCUT2D eigenvalue weighted by Crippen LogP contribution is 2.32. The molecule has 8 nitrogen and oxygen atoms in total. The van der Waals surface area contributed by atoms with Gasteiger partial charge in [0.2, 0.25) is 0 Å². The zero-order chi connectivity index (χ0) is 22.2. The van der Waals surface area contributed by atoms with Gasteiger partial charge in [-0.1, -0.05) is 11.6 Å². The largest absolute Gasteiger partial charge is 0.451 e. The lowest BCUT2D eigenvalue weighted by Gasteiger charge is -2.10. The molecular formula is C17H12ClF3N4O4S. The number of hydrogen-bond donors (Lipinski definition) is 1. The number of nitrogens with one attached hydrogen (secondary N) is 1. The molecule has 13 heteroatoms. The predicted octanol–water partition coefficient (Wildman–Crippen LogP) is 3.17. The first-order valence-corrected chi connectivity index (χ1v) is 9.33. The van der Waals surface area contributed by atoms with Crippen molar-refractivity contribution < 1.29 is 27.5 Å². The Balaban J connectivity index is 1.69. The standard InChI is InChI=1S/C17H12ClF3N4O4S/c1-7-11-14(23-6-25(2)15(11)27)30-12(7)16(28)29-5-10(26)24-13-9(18)3-8(4-22-13)17(19,20)21/h3-4,6H,5H2,1-2H3,(H,22,24,26). The fourth-order valence-corrected chi connectivity index (χ4v) is 3.70. The van der Waals surface area contributed by atoms with Crippen molar-refractivity contribution in [3.05, 3.63) is 50.0 Å². The van der Waals surface area contributed by atoms with E-state index in [1.54, 1.807) is 6.92 Å². The minimum absolute atomic E-state index is 0.110. The second-order valence-electron chi connectivity index (χ2n) is 6.07. The number of esters is 1. The molecule has 0 radical (unpaired) electrons. The van der Waals surface area contributed by atoms with E-state index in [1.165, 1.54) is 17.9 Å². The third-order valence-electron chi connectivity index (χ3n) is 3.96. The maximum atomic E-state index is 12.6. The van der Waals surface area contributed by atoms with Gasteiger partial charge in [-0.05, 0) is 18.6 Å². The molecule has 0 aliphatic rings. The summed E-state index contributed by atoms with van der Waals surface area (Å²) in [5.74, 6) is -2.01. The van der Waals surface area contributed by atoms with Crippen molar-refractivity contribution in [2.45, 2.75) is 13.1 Å². The van der Waals surface area contributed by atoms with Gasteiger partial charge in [0.25, 0.3) is 11.5 Å². The van der Waals surface area contributed by atoms with E-state index < -0.39 is 35.2 Å². The van der Waals surface area contributed by atoms with Gasteiger partial charge < -0.3 is 14.6 Å². The number of aromatic nitrogens is 3. The van der Waals surface area contributed by atoms with E-state index in [0.717, 1.165) is 11.3 Å². The van der Waals surface area contributed by atoms with Crippen molar-refractivity contribution in [3.63, 3.8) is 0 Å². The smallest absolute Gasteiger partial charge is 0.417 e. The molecule has 3 aromatic heterocycles. The topological polar surface area (TPSA) is 103 Å². The Morgan fingerprint density at radius 3 is 2.67 bits per heavy atom. The van der Waals surface area contributed by atoms with Crippen LogP contribution in [0.1, 0.15) is 20.8 Å². The maximum absolute atomic E-state index is 12.6. The SMILES string of the molecule is Cc1c(C(=O)OCC(=O)Nc2ncc(C(F)(F)F)cc2Cl)sc2ncn(C)c(=O)c12. The van der Waals surface area contributed by atoms with Crippen LogP contribution in [-0.4, -0.2) is 33.0 Å². The van der Waals surface area contributed by atoms with Gasteiger partial charge in [-0.25, -0.2) is 14.8 Å². The van der Waals surface area contributed by atoms with E-state index in [2.05, 4.69) is 15.3 Å². The number of rotatable bonds is 4. The summed E-state index contributed by atoms with van der Waals surface area (Å²) >= 11 is 6.66. The van der Waals surface area contributed by atoms with Gasteiger partial charge in [0.05, 0.1) is 22.3 Å². The summed E-state index contributed by atoms with van der Waals surface area (Å²) in [7, 11) is 1.52. The molecule has 1 amide bonds. The Morgan fingerprint density at radius 1 is 1.33 bits per heavy atom. The van der Waals surface area contributed by atoms with Crippen LogP contribution in [0.15, 0.2) is 23.4 Å². The molecule has 0 saturated carbocycles. The molecule has 0 aliphatic heterocycles. The van der Waals surface area contributed by atoms with E-state index in [1.807, 2.05) is 0 Å². The minimum Gasteiger partial charge on any atom is -0.451 e. The Morgan fingerprint density at radius 2 is 2.03 bits per heavy atom. The summed E-state index contributed by atoms with van der Waals surface area (Å²) in [4.78, 5) is 44.5. The first kappa shape index (κ1) is 21.7. The van der Waals surface area contributed by atoms with Crippen LogP contribution in [-0.2, 0) is 22.8 Å². The number of hydrogen-bond acceptors (Lipinski definition) is 7. The number of aryl methyl sites for hydroxylation is 2. The van der Waals surface area contributed by atoms with Crippen molar-refractivity contribution in [1.82, 2.24) is 14.5 Å². The van der Waals surface area contributed by atoms with Crippen molar-refractivity contribution in [3.8, 4) is 0 Å². The quantitative estimate of drug-likeness (QED) is 0.600. The minimum atomic E-state index is -4.63. The number of nitrogens with zero attached hydrogens (tertiary/aromatic N) is 3. The fraction of sp³-hybridized carbons (Fsp3) is 0.235. The predicted molar refractivity (Wildman–Crippen MR) is 103 cm³/mol. The lowest BCUT2D eigenvalue weighted by atomic mass is 10.2. The summed E-state index contributed by atoms with van der Waals surface area (Å²) in [6.07, 6.45) is -2.79. The number of ether oxygens (including phenoxy) is 1. The zero-order valence-corrected chi connectivity index (χ0v) is 16.9. The van der Waals surface area contributed by atoms with E-state index >= 15 is 0 Å². The molecule has 0 fully saturated rings. The first-order chi connectivity index (χ1) is 14.0. The zero-order valence-electron chi connectivity index (χ0n) is 15.3. The van der Waals surface area contributed by atoms with Gasteiger partial charge in [0, 0.05) is 13.2 Å². The Kier molecular flexibility index (Phi) is 5.81. The summed E-state index contributed by atoms with van der Waals surface area (Å²) in [6.45, 7) is 0.821. The molecule has 158 valence electrons. The monoisotopic (exact) mass is 460 g/mol. The van der Waals surface area contributed by atoms with Gasteiger partial charge >= 0.3 is 12.1 Å². The Bertz CT molecular complexity index is 1220. The van der Waals surface area contributed by atoms with Gasteiger partial charge in [0.1, 0.15) is 9.71 Å². The number of carbonyl (C=O) groups excluding carboxylic acids is 2. The third-order valence-corrected chi connectivity index (χ3v) is 5.42. The lowest BCUT2D eigenvalue weighted by molar-refractivity contribution is -0.137. The van der Waals surface area contributed by atoms with Gasteiger partial charge in [-0.15, -0.1) is 11.3 Å². The van der Waals surface area contributed by atoms with Crippen LogP contribution in [0.2, 0.25) is 5.02 Å². The van der Waals surface area contributed by atoms with Gasteiger partial charge in [-0.2, -0.15) is 13.2 Å². The van der Waals surface area contributed by atoms with Crippen LogP contribution in [0.4, 0.5) is 19.0 Å². The fourth-order valence-electron chi connectivity index (χ4n) is 2.45. The van der Waals surface area contributed by atoms with Gasteiger partial charge in [0.15, 0.2) is 12.4 Å². The first-order valence-electron chi connectivity index (χ1n) is 8.13. The highest BCUT2D eigenvalue weighted by Gasteiger charge is 2.31. The van der Waals surface area contributed by atoms with Crippen molar-refractivity contribution in [2.75, 3.05) is 11.9 Å². The van der Waals surface area contributed by atoms with Crippen LogP contribution in [0.3, 0.4) is 0 Å². The molecule has 1 N–H and O–H groups in total. The molecule has 0 unspecified atom stereocenters. The number of thiophene rings is 1. The molecule has 0 atom stereocenters. The molecule has 3 heterocycles. The van der Waals surface area contributed by atoms with E-state index in [-0.39, 0.29) is 21.6 Å². The molecule has 30 heavy (non-hydrogen) atoms. The summed E-state index contributed by atoms with van der Waals surface area (Å²) in [5, 5.41) is 2.02. The molecule has 3 rings (SSSR count). The molecule has 0 aromatic carbocycles. The maximum Gasteiger partial charge on any atom is 0.417 e. The summed E-state index contributed by atoms with van der Waals surface area (Å²) < 4.78 is 44.1. The second kappa shape index (κ2) is 8.03. The number of pyridine rings is 1. The number of carbonyl (C=O) groups is 2. The van der Waals surface area contributed by atoms with Crippen molar-refractivity contribution in [1.29, 1.82) is 0 Å². The van der Waals surface area contributed by atoms with E-state index in [9.17, 15) is 27.6 Å². The number of amides is 1. The average Bonchev–Trinajstić information content (AvgIpc) is 3.01. The molecular weight excluding hydrogens is 449 g/mol. The lowest BCUT2D eigenvalue weighted by Crippen LogP contribution is -2.22. The average molecular weight is 461 g/mol. The molecule has 0 spiro atoms. The summed E-state index contributed by atoms with van der Waals surface area (Å²) in [6, 6.07) is 0.615. The normalized spacial score (nSPS) is 11.5. The van der Waals surface area contributed by atoms with Crippen LogP contribution in [0, 0.1) is 6.92 Å². The van der Waals surface area contributed by atoms with Crippen molar-refractivity contribution in [2.24, 2.45) is 7.05 Å². The Hall–Kier alpha value is -2.99. The van der Waals surface area contributed by atoms with E-state index in [0.29, 0.717) is 22.7 Å². The number of halogens is 4. The van der Waals surface area contributed by atoms with Crippen LogP contribution < -0.4 is 10.9 Å². The number of fused-ring (bicyclic) bond motifs is 1. The highest BCUT2D eigenvalue weighted by atomic mass is 35.5. The number of anilines is 1. The molecule has 0 bridgehead atoms. The highest BCUT2D eigenvalue weighted by molar-refractivity contribution is 7.20. The van der Waals surface area contributed by atoms with E-state index in [4.69, 9.17) is 16.3 Å². The van der Waals surface area contributed by atoms with Crippen LogP contribution in [0.25, 0.3) is 10.2 Å². The van der Waals surface area contributed by atoms with Crippen molar-refractivity contribution >= 4 is 50.8 Å². The number of alkyl halides is 3. The third kappa shape index (κ3) is 4.28. The second-order valence-corrected chi connectivity index (χ2v) is 7.48. The summed E-state index contributed by atoms with van der Waals surface area (Å²) in [5.41, 5.74) is -1.02. The molecule has 3 aromatic rings. The molecule has 0 saturated heterocycles. The van der Waals surface area contributed by atoms with Crippen LogP contribution in [0.5, 0.6) is 0 Å². The van der Waals surface area contributed by atoms with Crippen LogP contribution >= 0.6 is 22.9 Å². The molecule has 0 aliphatic carbocycles. The Labute approximate surface area is 175 Å².